The predicted molar refractivity (Wildman–Crippen MR) is 103 cm³/mol. The summed E-state index contributed by atoms with van der Waals surface area (Å²) < 4.78 is 14.2. The highest BCUT2D eigenvalue weighted by Gasteiger charge is 2.17. The van der Waals surface area contributed by atoms with E-state index in [1.165, 1.54) is 9.13 Å². The number of aryl methyl sites for hydroxylation is 1. The van der Waals surface area contributed by atoms with Gasteiger partial charge in [0.15, 0.2) is 11.5 Å². The molecule has 27 heavy (non-hydrogen) atoms. The summed E-state index contributed by atoms with van der Waals surface area (Å²) in [5.74, 6) is 0.736. The van der Waals surface area contributed by atoms with Crippen molar-refractivity contribution in [3.63, 3.8) is 0 Å². The smallest absolute Gasteiger partial charge is 0.329 e. The number of benzene rings is 2. The molecule has 0 saturated heterocycles. The summed E-state index contributed by atoms with van der Waals surface area (Å²) in [6.45, 7) is 0.970. The molecule has 0 atom stereocenters. The summed E-state index contributed by atoms with van der Waals surface area (Å²) in [5.41, 5.74) is 1.63. The van der Waals surface area contributed by atoms with Gasteiger partial charge in [-0.2, -0.15) is 0 Å². The van der Waals surface area contributed by atoms with Gasteiger partial charge < -0.3 is 14.8 Å². The Hall–Kier alpha value is -2.93. The Kier molecular flexibility index (Phi) is 4.53. The van der Waals surface area contributed by atoms with Crippen LogP contribution in [-0.4, -0.2) is 28.3 Å². The molecule has 0 bridgehead atoms. The largest absolute Gasteiger partial charge is 0.490 e. The average Bonchev–Trinajstić information content (AvgIpc) is 2.81. The van der Waals surface area contributed by atoms with Gasteiger partial charge in [0, 0.05) is 25.6 Å². The molecule has 8 heteroatoms. The molecule has 7 nitrogen and oxygen atoms in total. The van der Waals surface area contributed by atoms with E-state index in [4.69, 9.17) is 21.1 Å². The van der Waals surface area contributed by atoms with Crippen LogP contribution in [0.4, 0.5) is 5.69 Å². The third-order valence-corrected chi connectivity index (χ3v) is 4.78. The topological polar surface area (TPSA) is 74.5 Å². The molecule has 1 N–H and O–H groups in total. The number of amides is 1. The highest BCUT2D eigenvalue weighted by molar-refractivity contribution is 6.34. The first-order valence-corrected chi connectivity index (χ1v) is 8.95. The molecule has 1 aliphatic rings. The number of rotatable bonds is 3. The molecule has 0 unspecified atom stereocenters. The molecule has 4 rings (SSSR count). The second-order valence-electron chi connectivity index (χ2n) is 6.29. The minimum absolute atomic E-state index is 0.120. The first kappa shape index (κ1) is 17.5. The minimum Gasteiger partial charge on any atom is -0.490 e. The molecule has 0 radical (unpaired) electrons. The van der Waals surface area contributed by atoms with Gasteiger partial charge in [-0.15, -0.1) is 0 Å². The number of halogens is 1. The lowest BCUT2D eigenvalue weighted by atomic mass is 10.2. The van der Waals surface area contributed by atoms with Crippen molar-refractivity contribution >= 4 is 34.2 Å². The van der Waals surface area contributed by atoms with Crippen LogP contribution in [0.3, 0.4) is 0 Å². The van der Waals surface area contributed by atoms with Crippen LogP contribution in [0.2, 0.25) is 5.02 Å². The fourth-order valence-electron chi connectivity index (χ4n) is 3.13. The summed E-state index contributed by atoms with van der Waals surface area (Å²) >= 11 is 6.27. The number of hydrogen-bond acceptors (Lipinski definition) is 4. The number of ether oxygens (including phenoxy) is 2. The van der Waals surface area contributed by atoms with Crippen molar-refractivity contribution in [1.82, 2.24) is 9.13 Å². The van der Waals surface area contributed by atoms with E-state index in [9.17, 15) is 9.59 Å². The number of hydrogen-bond donors (Lipinski definition) is 1. The number of fused-ring (bicyclic) bond motifs is 2. The molecule has 1 aromatic heterocycles. The number of carbonyl (C=O) groups excluding carboxylic acids is 1. The number of para-hydroxylation sites is 2. The molecule has 1 amide bonds. The summed E-state index contributed by atoms with van der Waals surface area (Å²) in [5, 5.41) is 3.10. The van der Waals surface area contributed by atoms with Gasteiger partial charge in [-0.25, -0.2) is 4.79 Å². The highest BCUT2D eigenvalue weighted by Crippen LogP contribution is 2.37. The van der Waals surface area contributed by atoms with Gasteiger partial charge in [0.1, 0.15) is 6.54 Å². The Bertz CT molecular complexity index is 1090. The zero-order valence-corrected chi connectivity index (χ0v) is 15.5. The Balaban J connectivity index is 1.60. The Morgan fingerprint density at radius 3 is 2.56 bits per heavy atom. The number of nitrogens with zero attached hydrogens (tertiary/aromatic N) is 2. The first-order chi connectivity index (χ1) is 13.0. The van der Waals surface area contributed by atoms with Gasteiger partial charge in [-0.3, -0.25) is 13.9 Å². The Labute approximate surface area is 160 Å². The van der Waals surface area contributed by atoms with E-state index in [-0.39, 0.29) is 18.1 Å². The minimum atomic E-state index is -0.357. The van der Waals surface area contributed by atoms with E-state index in [1.807, 2.05) is 24.3 Å². The average molecular weight is 388 g/mol. The lowest BCUT2D eigenvalue weighted by Crippen LogP contribution is -2.28. The zero-order valence-electron chi connectivity index (χ0n) is 14.7. The Morgan fingerprint density at radius 1 is 1.15 bits per heavy atom. The molecule has 0 spiro atoms. The molecule has 140 valence electrons. The molecule has 3 aromatic rings. The fraction of sp³-hybridized carbons (Fsp3) is 0.263. The van der Waals surface area contributed by atoms with Crippen molar-refractivity contribution in [2.24, 2.45) is 7.05 Å². The lowest BCUT2D eigenvalue weighted by Gasteiger charge is -2.12. The molecule has 0 fully saturated rings. The van der Waals surface area contributed by atoms with Crippen LogP contribution in [-0.2, 0) is 18.4 Å². The van der Waals surface area contributed by atoms with Gasteiger partial charge in [0.05, 0.1) is 35.0 Å². The number of carbonyl (C=O) groups is 1. The van der Waals surface area contributed by atoms with E-state index in [0.717, 1.165) is 11.9 Å². The fourth-order valence-corrected chi connectivity index (χ4v) is 3.33. The quantitative estimate of drug-likeness (QED) is 0.750. The number of anilines is 1. The van der Waals surface area contributed by atoms with Crippen LogP contribution in [0.5, 0.6) is 11.5 Å². The van der Waals surface area contributed by atoms with Crippen LogP contribution < -0.4 is 20.5 Å². The summed E-state index contributed by atoms with van der Waals surface area (Å²) in [6, 6.07) is 10.6. The maximum atomic E-state index is 12.6. The van der Waals surface area contributed by atoms with Gasteiger partial charge in [0.25, 0.3) is 0 Å². The van der Waals surface area contributed by atoms with Crippen molar-refractivity contribution in [1.29, 1.82) is 0 Å². The van der Waals surface area contributed by atoms with Crippen molar-refractivity contribution in [2.45, 2.75) is 13.0 Å². The second kappa shape index (κ2) is 7.00. The maximum absolute atomic E-state index is 12.6. The van der Waals surface area contributed by atoms with Crippen molar-refractivity contribution in [2.75, 3.05) is 18.5 Å². The highest BCUT2D eigenvalue weighted by atomic mass is 35.5. The zero-order chi connectivity index (χ0) is 19.0. The molecule has 2 aromatic carbocycles. The van der Waals surface area contributed by atoms with Crippen LogP contribution in [0.15, 0.2) is 41.2 Å². The number of imidazole rings is 1. The SMILES string of the molecule is Cn1c(=O)n(CC(=O)Nc2cc3c(cc2Cl)OCCCO3)c2ccccc21. The molecule has 2 heterocycles. The van der Waals surface area contributed by atoms with E-state index >= 15 is 0 Å². The monoisotopic (exact) mass is 387 g/mol. The van der Waals surface area contributed by atoms with Crippen LogP contribution >= 0.6 is 11.6 Å². The normalized spacial score (nSPS) is 13.4. The summed E-state index contributed by atoms with van der Waals surface area (Å²) in [6.07, 6.45) is 0.776. The third kappa shape index (κ3) is 3.26. The maximum Gasteiger partial charge on any atom is 0.329 e. The molecular weight excluding hydrogens is 370 g/mol. The van der Waals surface area contributed by atoms with Gasteiger partial charge in [-0.05, 0) is 12.1 Å². The van der Waals surface area contributed by atoms with E-state index in [1.54, 1.807) is 19.2 Å². The van der Waals surface area contributed by atoms with Gasteiger partial charge in [-0.1, -0.05) is 23.7 Å². The molecule has 1 aliphatic heterocycles. The molecule has 0 saturated carbocycles. The van der Waals surface area contributed by atoms with Crippen molar-refractivity contribution in [3.8, 4) is 11.5 Å². The van der Waals surface area contributed by atoms with Gasteiger partial charge >= 0.3 is 5.69 Å². The predicted octanol–water partition coefficient (Wildman–Crippen LogP) is 2.79. The van der Waals surface area contributed by atoms with E-state index in [2.05, 4.69) is 5.32 Å². The van der Waals surface area contributed by atoms with Crippen LogP contribution in [0, 0.1) is 0 Å². The molecular formula is C19H18ClN3O4. The lowest BCUT2D eigenvalue weighted by molar-refractivity contribution is -0.116. The first-order valence-electron chi connectivity index (χ1n) is 8.58. The van der Waals surface area contributed by atoms with Crippen LogP contribution in [0.25, 0.3) is 11.0 Å². The Morgan fingerprint density at radius 2 is 1.81 bits per heavy atom. The number of aromatic nitrogens is 2. The second-order valence-corrected chi connectivity index (χ2v) is 6.70. The van der Waals surface area contributed by atoms with Crippen molar-refractivity contribution in [3.05, 3.63) is 51.9 Å². The van der Waals surface area contributed by atoms with Gasteiger partial charge in [0.2, 0.25) is 5.91 Å². The van der Waals surface area contributed by atoms with Crippen LogP contribution in [0.1, 0.15) is 6.42 Å². The third-order valence-electron chi connectivity index (χ3n) is 4.46. The molecule has 0 aliphatic carbocycles. The van der Waals surface area contributed by atoms with E-state index in [0.29, 0.717) is 40.9 Å². The summed E-state index contributed by atoms with van der Waals surface area (Å²) in [7, 11) is 1.68. The van der Waals surface area contributed by atoms with Crippen molar-refractivity contribution < 1.29 is 14.3 Å². The number of nitrogens with one attached hydrogen (secondary N) is 1. The standard InChI is InChI=1S/C19H18ClN3O4/c1-22-14-5-2-3-6-15(14)23(19(22)25)11-18(24)21-13-10-17-16(9-12(13)20)26-7-4-8-27-17/h2-3,5-6,9-10H,4,7-8,11H2,1H3,(H,21,24). The summed E-state index contributed by atoms with van der Waals surface area (Å²) in [4.78, 5) is 25.0. The van der Waals surface area contributed by atoms with E-state index < -0.39 is 0 Å².